The van der Waals surface area contributed by atoms with Gasteiger partial charge in [-0.15, -0.1) is 0 Å². The van der Waals surface area contributed by atoms with Gasteiger partial charge < -0.3 is 10.8 Å². The van der Waals surface area contributed by atoms with Crippen LogP contribution in [0.25, 0.3) is 0 Å². The number of rotatable bonds is 3. The van der Waals surface area contributed by atoms with Crippen LogP contribution < -0.4 is 5.73 Å². The summed E-state index contributed by atoms with van der Waals surface area (Å²) in [4.78, 5) is 0.213. The zero-order chi connectivity index (χ0) is 14.9. The molecule has 2 rings (SSSR count). The van der Waals surface area contributed by atoms with Crippen molar-refractivity contribution in [3.63, 3.8) is 0 Å². The van der Waals surface area contributed by atoms with Crippen molar-refractivity contribution in [2.45, 2.75) is 37.1 Å². The van der Waals surface area contributed by atoms with E-state index >= 15 is 0 Å². The van der Waals surface area contributed by atoms with Crippen LogP contribution >= 0.6 is 15.9 Å². The van der Waals surface area contributed by atoms with E-state index in [9.17, 15) is 13.5 Å². The number of hydrogen-bond donors (Lipinski definition) is 2. The highest BCUT2D eigenvalue weighted by Gasteiger charge is 2.34. The van der Waals surface area contributed by atoms with Crippen molar-refractivity contribution in [2.24, 2.45) is 0 Å². The van der Waals surface area contributed by atoms with Gasteiger partial charge in [0.1, 0.15) is 0 Å². The summed E-state index contributed by atoms with van der Waals surface area (Å²) in [6, 6.07) is 2.92. The molecule has 0 saturated carbocycles. The molecule has 0 amide bonds. The van der Waals surface area contributed by atoms with Crippen LogP contribution in [-0.4, -0.2) is 37.0 Å². The molecule has 0 aliphatic carbocycles. The fraction of sp³-hybridized carbons (Fsp3) is 0.538. The highest BCUT2D eigenvalue weighted by atomic mass is 79.9. The molecule has 0 aromatic heterocycles. The van der Waals surface area contributed by atoms with Crippen molar-refractivity contribution < 1.29 is 13.5 Å². The van der Waals surface area contributed by atoms with Gasteiger partial charge in [-0.05, 0) is 37.5 Å². The van der Waals surface area contributed by atoms with E-state index in [1.54, 1.807) is 19.1 Å². The SMILES string of the molecule is Cc1c(N)cc(Br)cc1S(=O)(=O)N1CCCCC1CO. The lowest BCUT2D eigenvalue weighted by molar-refractivity contribution is 0.155. The predicted molar refractivity (Wildman–Crippen MR) is 81.9 cm³/mol. The maximum atomic E-state index is 12.8. The Hall–Kier alpha value is -0.630. The Morgan fingerprint density at radius 2 is 2.15 bits per heavy atom. The Labute approximate surface area is 128 Å². The minimum atomic E-state index is -3.64. The third kappa shape index (κ3) is 2.86. The van der Waals surface area contributed by atoms with Crippen molar-refractivity contribution in [1.29, 1.82) is 0 Å². The first-order valence-corrected chi connectivity index (χ1v) is 8.79. The molecule has 7 heteroatoms. The lowest BCUT2D eigenvalue weighted by Gasteiger charge is -2.34. The van der Waals surface area contributed by atoms with Crippen molar-refractivity contribution in [2.75, 3.05) is 18.9 Å². The first-order chi connectivity index (χ1) is 9.37. The number of nitrogen functional groups attached to an aromatic ring is 1. The quantitative estimate of drug-likeness (QED) is 0.804. The molecule has 3 N–H and O–H groups in total. The summed E-state index contributed by atoms with van der Waals surface area (Å²) < 4.78 is 27.7. The fourth-order valence-corrected chi connectivity index (χ4v) is 5.14. The molecule has 5 nitrogen and oxygen atoms in total. The Balaban J connectivity index is 2.49. The fourth-order valence-electron chi connectivity index (χ4n) is 2.54. The zero-order valence-corrected chi connectivity index (χ0v) is 13.7. The van der Waals surface area contributed by atoms with Crippen LogP contribution in [0.3, 0.4) is 0 Å². The average molecular weight is 363 g/mol. The van der Waals surface area contributed by atoms with E-state index in [1.807, 2.05) is 0 Å². The van der Waals surface area contributed by atoms with E-state index in [-0.39, 0.29) is 17.5 Å². The molecule has 1 fully saturated rings. The zero-order valence-electron chi connectivity index (χ0n) is 11.3. The van der Waals surface area contributed by atoms with Gasteiger partial charge >= 0.3 is 0 Å². The van der Waals surface area contributed by atoms with Gasteiger partial charge in [-0.2, -0.15) is 4.31 Å². The van der Waals surface area contributed by atoms with Crippen LogP contribution in [0.5, 0.6) is 0 Å². The topological polar surface area (TPSA) is 83.6 Å². The van der Waals surface area contributed by atoms with E-state index in [0.29, 0.717) is 28.7 Å². The first-order valence-electron chi connectivity index (χ1n) is 6.56. The van der Waals surface area contributed by atoms with Crippen LogP contribution in [0.4, 0.5) is 5.69 Å². The van der Waals surface area contributed by atoms with Gasteiger partial charge in [0.15, 0.2) is 0 Å². The highest BCUT2D eigenvalue weighted by Crippen LogP contribution is 2.31. The van der Waals surface area contributed by atoms with Gasteiger partial charge in [-0.3, -0.25) is 0 Å². The maximum absolute atomic E-state index is 12.8. The number of nitrogens with zero attached hydrogens (tertiary/aromatic N) is 1. The number of halogens is 1. The van der Waals surface area contributed by atoms with Crippen molar-refractivity contribution in [3.05, 3.63) is 22.2 Å². The van der Waals surface area contributed by atoms with E-state index in [1.165, 1.54) is 4.31 Å². The summed E-state index contributed by atoms with van der Waals surface area (Å²) in [7, 11) is -3.64. The van der Waals surface area contributed by atoms with Crippen LogP contribution in [0, 0.1) is 6.92 Å². The molecule has 1 saturated heterocycles. The molecular formula is C13H19BrN2O3S. The van der Waals surface area contributed by atoms with Crippen molar-refractivity contribution in [3.8, 4) is 0 Å². The Morgan fingerprint density at radius 1 is 1.45 bits per heavy atom. The van der Waals surface area contributed by atoms with E-state index < -0.39 is 10.0 Å². The van der Waals surface area contributed by atoms with Gasteiger partial charge in [-0.25, -0.2) is 8.42 Å². The third-order valence-corrected chi connectivity index (χ3v) is 6.27. The van der Waals surface area contributed by atoms with E-state index in [0.717, 1.165) is 12.8 Å². The number of aliphatic hydroxyl groups is 1. The summed E-state index contributed by atoms with van der Waals surface area (Å²) in [6.45, 7) is 1.99. The van der Waals surface area contributed by atoms with E-state index in [4.69, 9.17) is 5.73 Å². The molecule has 0 spiro atoms. The van der Waals surface area contributed by atoms with Crippen LogP contribution in [0.2, 0.25) is 0 Å². The number of anilines is 1. The van der Waals surface area contributed by atoms with Gasteiger partial charge in [0.2, 0.25) is 10.0 Å². The Morgan fingerprint density at radius 3 is 2.80 bits per heavy atom. The highest BCUT2D eigenvalue weighted by molar-refractivity contribution is 9.10. The van der Waals surface area contributed by atoms with Gasteiger partial charge in [0, 0.05) is 22.7 Å². The Kier molecular flexibility index (Phi) is 4.73. The molecule has 1 aliphatic heterocycles. The average Bonchev–Trinajstić information content (AvgIpc) is 2.42. The Bertz CT molecular complexity index is 604. The summed E-state index contributed by atoms with van der Waals surface area (Å²) in [5.41, 5.74) is 6.84. The maximum Gasteiger partial charge on any atom is 0.243 e. The first kappa shape index (κ1) is 15.8. The second-order valence-electron chi connectivity index (χ2n) is 5.07. The summed E-state index contributed by atoms with van der Waals surface area (Å²) in [5, 5.41) is 9.41. The molecular weight excluding hydrogens is 344 g/mol. The van der Waals surface area contributed by atoms with Crippen LogP contribution in [-0.2, 0) is 10.0 Å². The van der Waals surface area contributed by atoms with E-state index in [2.05, 4.69) is 15.9 Å². The molecule has 0 radical (unpaired) electrons. The monoisotopic (exact) mass is 362 g/mol. The minimum absolute atomic E-state index is 0.151. The van der Waals surface area contributed by atoms with Crippen molar-refractivity contribution in [1.82, 2.24) is 4.31 Å². The molecule has 1 heterocycles. The van der Waals surface area contributed by atoms with Crippen molar-refractivity contribution >= 4 is 31.6 Å². The lowest BCUT2D eigenvalue weighted by Crippen LogP contribution is -2.45. The number of benzene rings is 1. The molecule has 1 unspecified atom stereocenters. The smallest absolute Gasteiger partial charge is 0.243 e. The molecule has 20 heavy (non-hydrogen) atoms. The van der Waals surface area contributed by atoms with Gasteiger partial charge in [-0.1, -0.05) is 22.4 Å². The largest absolute Gasteiger partial charge is 0.398 e. The van der Waals surface area contributed by atoms with Gasteiger partial charge in [0.25, 0.3) is 0 Å². The minimum Gasteiger partial charge on any atom is -0.398 e. The van der Waals surface area contributed by atoms with Gasteiger partial charge in [0.05, 0.1) is 11.5 Å². The summed E-state index contributed by atoms with van der Waals surface area (Å²) >= 11 is 3.28. The van der Waals surface area contributed by atoms with Crippen LogP contribution in [0.1, 0.15) is 24.8 Å². The summed E-state index contributed by atoms with van der Waals surface area (Å²) in [5.74, 6) is 0. The summed E-state index contributed by atoms with van der Waals surface area (Å²) in [6.07, 6.45) is 2.45. The third-order valence-electron chi connectivity index (χ3n) is 3.74. The molecule has 112 valence electrons. The molecule has 0 bridgehead atoms. The van der Waals surface area contributed by atoms with Crippen LogP contribution in [0.15, 0.2) is 21.5 Å². The predicted octanol–water partition coefficient (Wildman–Crippen LogP) is 1.88. The molecule has 1 aliphatic rings. The molecule has 1 atom stereocenters. The second-order valence-corrected chi connectivity index (χ2v) is 7.84. The number of sulfonamides is 1. The normalized spacial score (nSPS) is 21.1. The molecule has 1 aromatic carbocycles. The molecule has 1 aromatic rings. The standard InChI is InChI=1S/C13H19BrN2O3S/c1-9-12(15)6-10(14)7-13(9)20(18,19)16-5-3-2-4-11(16)8-17/h6-7,11,17H,2-5,8,15H2,1H3. The number of aliphatic hydroxyl groups excluding tert-OH is 1. The number of piperidine rings is 1. The lowest BCUT2D eigenvalue weighted by atomic mass is 10.1. The number of hydrogen-bond acceptors (Lipinski definition) is 4. The number of nitrogens with two attached hydrogens (primary N) is 1. The second kappa shape index (κ2) is 6.01.